The molecule has 0 radical (unpaired) electrons. The van der Waals surface area contributed by atoms with Gasteiger partial charge < -0.3 is 16.0 Å². The van der Waals surface area contributed by atoms with Gasteiger partial charge in [0.2, 0.25) is 11.8 Å². The molecule has 1 heterocycles. The van der Waals surface area contributed by atoms with Gasteiger partial charge in [-0.25, -0.2) is 0 Å². The molecule has 3 N–H and O–H groups in total. The summed E-state index contributed by atoms with van der Waals surface area (Å²) < 4.78 is 0. The first-order valence-corrected chi connectivity index (χ1v) is 5.53. The molecule has 0 bridgehead atoms. The molecule has 2 fully saturated rings. The van der Waals surface area contributed by atoms with Gasteiger partial charge in [-0.15, -0.1) is 0 Å². The number of hydrogen-bond donors (Lipinski definition) is 3. The van der Waals surface area contributed by atoms with Gasteiger partial charge in [0.1, 0.15) is 0 Å². The van der Waals surface area contributed by atoms with Crippen LogP contribution in [0, 0.1) is 0 Å². The van der Waals surface area contributed by atoms with Crippen molar-refractivity contribution in [3.8, 4) is 0 Å². The normalized spacial score (nSPS) is 25.1. The van der Waals surface area contributed by atoms with Crippen LogP contribution in [0.3, 0.4) is 0 Å². The van der Waals surface area contributed by atoms with E-state index in [-0.39, 0.29) is 17.9 Å². The molecular formula is C10H17N3O2. The predicted octanol–water partition coefficient (Wildman–Crippen LogP) is -0.867. The maximum atomic E-state index is 11.3. The molecule has 0 aromatic carbocycles. The molecular weight excluding hydrogens is 194 g/mol. The zero-order valence-corrected chi connectivity index (χ0v) is 8.71. The van der Waals surface area contributed by atoms with Crippen molar-refractivity contribution in [1.82, 2.24) is 16.0 Å². The summed E-state index contributed by atoms with van der Waals surface area (Å²) in [6.07, 6.45) is 3.28. The molecule has 2 aliphatic rings. The summed E-state index contributed by atoms with van der Waals surface area (Å²) in [5.41, 5.74) is 0. The van der Waals surface area contributed by atoms with Crippen molar-refractivity contribution in [2.45, 2.75) is 37.8 Å². The van der Waals surface area contributed by atoms with Crippen molar-refractivity contribution in [3.63, 3.8) is 0 Å². The Labute approximate surface area is 89.0 Å². The van der Waals surface area contributed by atoms with Crippen molar-refractivity contribution < 1.29 is 9.59 Å². The number of nitrogens with one attached hydrogen (secondary N) is 3. The molecule has 1 saturated heterocycles. The van der Waals surface area contributed by atoms with Crippen LogP contribution in [0.25, 0.3) is 0 Å². The lowest BCUT2D eigenvalue weighted by molar-refractivity contribution is -0.121. The highest BCUT2D eigenvalue weighted by Crippen LogP contribution is 2.18. The monoisotopic (exact) mass is 211 g/mol. The maximum absolute atomic E-state index is 11.3. The third-order valence-corrected chi connectivity index (χ3v) is 2.70. The Kier molecular flexibility index (Phi) is 3.20. The molecule has 15 heavy (non-hydrogen) atoms. The van der Waals surface area contributed by atoms with Crippen LogP contribution in [-0.2, 0) is 9.59 Å². The number of carbonyl (C=O) groups excluding carboxylic acids is 2. The minimum absolute atomic E-state index is 0.0925. The Hall–Kier alpha value is -1.10. The van der Waals surface area contributed by atoms with Gasteiger partial charge in [0.05, 0.1) is 0 Å². The quantitative estimate of drug-likeness (QED) is 0.554. The summed E-state index contributed by atoms with van der Waals surface area (Å²) in [5, 5.41) is 8.87. The largest absolute Gasteiger partial charge is 0.354 e. The van der Waals surface area contributed by atoms with E-state index in [1.165, 1.54) is 0 Å². The maximum Gasteiger partial charge on any atom is 0.221 e. The van der Waals surface area contributed by atoms with Gasteiger partial charge in [-0.3, -0.25) is 9.59 Å². The minimum Gasteiger partial charge on any atom is -0.354 e. The molecule has 1 aliphatic heterocycles. The van der Waals surface area contributed by atoms with Crippen LogP contribution in [0.2, 0.25) is 0 Å². The van der Waals surface area contributed by atoms with Crippen molar-refractivity contribution in [2.75, 3.05) is 13.1 Å². The lowest BCUT2D eigenvalue weighted by atomic mass is 10.2. The van der Waals surface area contributed by atoms with E-state index < -0.39 is 0 Å². The fourth-order valence-corrected chi connectivity index (χ4v) is 1.67. The van der Waals surface area contributed by atoms with Gasteiger partial charge in [0.25, 0.3) is 0 Å². The average Bonchev–Trinajstić information content (AvgIpc) is 2.89. The molecule has 5 heteroatoms. The average molecular weight is 211 g/mol. The smallest absolute Gasteiger partial charge is 0.221 e. The molecule has 1 atom stereocenters. The highest BCUT2D eigenvalue weighted by molar-refractivity contribution is 5.79. The third-order valence-electron chi connectivity index (χ3n) is 2.70. The van der Waals surface area contributed by atoms with Crippen LogP contribution in [0.1, 0.15) is 25.7 Å². The molecule has 2 rings (SSSR count). The second-order valence-electron chi connectivity index (χ2n) is 4.25. The summed E-state index contributed by atoms with van der Waals surface area (Å²) >= 11 is 0. The van der Waals surface area contributed by atoms with Crippen LogP contribution >= 0.6 is 0 Å². The molecule has 0 aromatic rings. The predicted molar refractivity (Wildman–Crippen MR) is 55.2 cm³/mol. The van der Waals surface area contributed by atoms with E-state index in [9.17, 15) is 9.59 Å². The lowest BCUT2D eigenvalue weighted by Crippen LogP contribution is -2.35. The third kappa shape index (κ3) is 3.51. The van der Waals surface area contributed by atoms with E-state index in [2.05, 4.69) is 16.0 Å². The van der Waals surface area contributed by atoms with E-state index in [0.29, 0.717) is 32.0 Å². The summed E-state index contributed by atoms with van der Waals surface area (Å²) in [4.78, 5) is 22.2. The van der Waals surface area contributed by atoms with E-state index in [0.717, 1.165) is 12.8 Å². The second-order valence-corrected chi connectivity index (χ2v) is 4.25. The SMILES string of the molecule is O=C1CC(NCCC(=O)NC2CC2)CN1. The van der Waals surface area contributed by atoms with Crippen molar-refractivity contribution in [2.24, 2.45) is 0 Å². The first-order chi connectivity index (χ1) is 7.24. The van der Waals surface area contributed by atoms with E-state index in [4.69, 9.17) is 0 Å². The standard InChI is InChI=1S/C10H17N3O2/c14-9(13-7-1-2-7)3-4-11-8-5-10(15)12-6-8/h7-8,11H,1-6H2,(H,12,15)(H,13,14). The molecule has 84 valence electrons. The van der Waals surface area contributed by atoms with Crippen LogP contribution in [0.15, 0.2) is 0 Å². The fraction of sp³-hybridized carbons (Fsp3) is 0.800. The fourth-order valence-electron chi connectivity index (χ4n) is 1.67. The second kappa shape index (κ2) is 4.61. The number of rotatable bonds is 5. The topological polar surface area (TPSA) is 70.2 Å². The summed E-state index contributed by atoms with van der Waals surface area (Å²) in [6.45, 7) is 1.33. The highest BCUT2D eigenvalue weighted by atomic mass is 16.2. The Bertz CT molecular complexity index is 263. The summed E-state index contributed by atoms with van der Waals surface area (Å²) in [7, 11) is 0. The van der Waals surface area contributed by atoms with Crippen molar-refractivity contribution >= 4 is 11.8 Å². The van der Waals surface area contributed by atoms with Crippen LogP contribution in [0.4, 0.5) is 0 Å². The summed E-state index contributed by atoms with van der Waals surface area (Å²) in [5.74, 6) is 0.206. The first kappa shape index (κ1) is 10.4. The molecule has 1 unspecified atom stereocenters. The molecule has 0 spiro atoms. The number of amides is 2. The Morgan fingerprint density at radius 3 is 2.80 bits per heavy atom. The first-order valence-electron chi connectivity index (χ1n) is 5.53. The Balaban J connectivity index is 1.53. The highest BCUT2D eigenvalue weighted by Gasteiger charge is 2.23. The Morgan fingerprint density at radius 2 is 2.20 bits per heavy atom. The summed E-state index contributed by atoms with van der Waals surface area (Å²) in [6, 6.07) is 0.637. The van der Waals surface area contributed by atoms with Crippen LogP contribution < -0.4 is 16.0 Å². The van der Waals surface area contributed by atoms with Crippen LogP contribution in [-0.4, -0.2) is 37.0 Å². The number of hydrogen-bond acceptors (Lipinski definition) is 3. The molecule has 1 aliphatic carbocycles. The molecule has 5 nitrogen and oxygen atoms in total. The molecule has 1 saturated carbocycles. The van der Waals surface area contributed by atoms with Gasteiger partial charge in [-0.2, -0.15) is 0 Å². The minimum atomic E-state index is 0.0925. The Morgan fingerprint density at radius 1 is 1.40 bits per heavy atom. The molecule has 2 amide bonds. The van der Waals surface area contributed by atoms with Crippen molar-refractivity contribution in [1.29, 1.82) is 0 Å². The zero-order chi connectivity index (χ0) is 10.7. The van der Waals surface area contributed by atoms with E-state index in [1.54, 1.807) is 0 Å². The van der Waals surface area contributed by atoms with Crippen LogP contribution in [0.5, 0.6) is 0 Å². The van der Waals surface area contributed by atoms with E-state index >= 15 is 0 Å². The number of carbonyl (C=O) groups is 2. The zero-order valence-electron chi connectivity index (χ0n) is 8.71. The van der Waals surface area contributed by atoms with Gasteiger partial charge in [0.15, 0.2) is 0 Å². The van der Waals surface area contributed by atoms with Gasteiger partial charge in [-0.05, 0) is 12.8 Å². The van der Waals surface area contributed by atoms with Crippen molar-refractivity contribution in [3.05, 3.63) is 0 Å². The lowest BCUT2D eigenvalue weighted by Gasteiger charge is -2.09. The van der Waals surface area contributed by atoms with E-state index in [1.807, 2.05) is 0 Å². The van der Waals surface area contributed by atoms with Gasteiger partial charge in [-0.1, -0.05) is 0 Å². The van der Waals surface area contributed by atoms with Gasteiger partial charge in [0, 0.05) is 38.0 Å². The van der Waals surface area contributed by atoms with Gasteiger partial charge >= 0.3 is 0 Å². The molecule has 0 aromatic heterocycles.